The van der Waals surface area contributed by atoms with Crippen molar-refractivity contribution in [3.05, 3.63) is 157 Å². The summed E-state index contributed by atoms with van der Waals surface area (Å²) in [5, 5.41) is 4.47. The van der Waals surface area contributed by atoms with E-state index in [4.69, 9.17) is 24.1 Å². The van der Waals surface area contributed by atoms with Crippen LogP contribution in [0.25, 0.3) is 89.1 Å². The van der Waals surface area contributed by atoms with Crippen LogP contribution in [-0.2, 0) is 6.61 Å². The Morgan fingerprint density at radius 3 is 2.00 bits per heavy atom. The molecule has 0 fully saturated rings. The fraction of sp³-hybridized carbons (Fsp3) is 0.0227. The van der Waals surface area contributed by atoms with Crippen molar-refractivity contribution in [2.45, 2.75) is 6.61 Å². The van der Waals surface area contributed by atoms with E-state index in [1.54, 1.807) is 0 Å². The largest absolute Gasteiger partial charge is 0.488 e. The fourth-order valence-corrected chi connectivity index (χ4v) is 7.06. The summed E-state index contributed by atoms with van der Waals surface area (Å²) in [6.45, 7) is 0.587. The third-order valence-electron chi connectivity index (χ3n) is 9.43. The summed E-state index contributed by atoms with van der Waals surface area (Å²) < 4.78 is 12.2. The van der Waals surface area contributed by atoms with Crippen molar-refractivity contribution >= 4 is 32.7 Å². The molecule has 0 atom stereocenters. The summed E-state index contributed by atoms with van der Waals surface area (Å²) in [6, 6.07) is 52.1. The summed E-state index contributed by atoms with van der Waals surface area (Å²) in [7, 11) is 0. The minimum absolute atomic E-state index is 0.587. The molecule has 9 aromatic rings. The highest BCUT2D eigenvalue weighted by Gasteiger charge is 2.20. The van der Waals surface area contributed by atoms with Crippen LogP contribution in [0.4, 0.5) is 0 Å². The standard InChI is InChI=1S/C44H27N3O2/c1-2-9-28(10-3-1)42-45-43(47-44(46-42)36-13-8-16-39-41(36)35-12-5-7-15-38(35)49-39)29-19-17-27(18-20-29)30-23-24-33-31(25-30)21-22-32-26-48-37-14-6-4-11-34(37)40(32)33/h1-25H,26H2. The van der Waals surface area contributed by atoms with E-state index in [1.165, 1.54) is 21.9 Å². The highest BCUT2D eigenvalue weighted by molar-refractivity contribution is 6.11. The van der Waals surface area contributed by atoms with Crippen LogP contribution >= 0.6 is 0 Å². The van der Waals surface area contributed by atoms with Gasteiger partial charge in [0.25, 0.3) is 0 Å². The van der Waals surface area contributed by atoms with Gasteiger partial charge in [0.05, 0.1) is 0 Å². The number of hydrogen-bond acceptors (Lipinski definition) is 5. The topological polar surface area (TPSA) is 61.0 Å². The monoisotopic (exact) mass is 629 g/mol. The molecule has 5 nitrogen and oxygen atoms in total. The van der Waals surface area contributed by atoms with E-state index in [1.807, 2.05) is 72.8 Å². The van der Waals surface area contributed by atoms with Gasteiger partial charge in [-0.25, -0.2) is 15.0 Å². The molecule has 0 saturated carbocycles. The van der Waals surface area contributed by atoms with Crippen molar-refractivity contribution in [3.63, 3.8) is 0 Å². The molecule has 49 heavy (non-hydrogen) atoms. The van der Waals surface area contributed by atoms with E-state index in [0.29, 0.717) is 24.1 Å². The van der Waals surface area contributed by atoms with Gasteiger partial charge in [-0.3, -0.25) is 0 Å². The number of nitrogens with zero attached hydrogens (tertiary/aromatic N) is 3. The Balaban J connectivity index is 1.07. The highest BCUT2D eigenvalue weighted by Crippen LogP contribution is 2.42. The number of fused-ring (bicyclic) bond motifs is 8. The van der Waals surface area contributed by atoms with Crippen LogP contribution in [0.5, 0.6) is 5.75 Å². The van der Waals surface area contributed by atoms with Crippen molar-refractivity contribution in [2.75, 3.05) is 0 Å². The summed E-state index contributed by atoms with van der Waals surface area (Å²) >= 11 is 0. The molecule has 230 valence electrons. The minimum atomic E-state index is 0.587. The van der Waals surface area contributed by atoms with Crippen LogP contribution in [0.1, 0.15) is 5.56 Å². The summed E-state index contributed by atoms with van der Waals surface area (Å²) in [5.74, 6) is 2.79. The molecule has 0 N–H and O–H groups in total. The Kier molecular flexibility index (Phi) is 6.18. The van der Waals surface area contributed by atoms with E-state index in [9.17, 15) is 0 Å². The van der Waals surface area contributed by atoms with Gasteiger partial charge in [0.1, 0.15) is 23.5 Å². The second-order valence-corrected chi connectivity index (χ2v) is 12.3. The zero-order valence-electron chi connectivity index (χ0n) is 26.3. The predicted octanol–water partition coefficient (Wildman–Crippen LogP) is 11.2. The molecule has 0 spiro atoms. The van der Waals surface area contributed by atoms with Gasteiger partial charge in [-0.2, -0.15) is 0 Å². The van der Waals surface area contributed by atoms with Crippen molar-refractivity contribution in [1.82, 2.24) is 15.0 Å². The lowest BCUT2D eigenvalue weighted by atomic mass is 9.90. The number of para-hydroxylation sites is 2. The Morgan fingerprint density at radius 2 is 1.12 bits per heavy atom. The zero-order valence-corrected chi connectivity index (χ0v) is 26.3. The molecule has 10 rings (SSSR count). The molecule has 1 aliphatic heterocycles. The van der Waals surface area contributed by atoms with Crippen molar-refractivity contribution < 1.29 is 9.15 Å². The first-order chi connectivity index (χ1) is 24.3. The third kappa shape index (κ3) is 4.59. The van der Waals surface area contributed by atoms with E-state index < -0.39 is 0 Å². The smallest absolute Gasteiger partial charge is 0.164 e. The first-order valence-corrected chi connectivity index (χ1v) is 16.4. The van der Waals surface area contributed by atoms with Gasteiger partial charge in [-0.05, 0) is 57.3 Å². The van der Waals surface area contributed by atoms with Gasteiger partial charge in [0.2, 0.25) is 0 Å². The Bertz CT molecular complexity index is 2710. The number of hydrogen-bond donors (Lipinski definition) is 0. The Morgan fingerprint density at radius 1 is 0.449 bits per heavy atom. The van der Waals surface area contributed by atoms with E-state index in [-0.39, 0.29) is 0 Å². The Labute approximate surface area is 282 Å². The maximum atomic E-state index is 6.19. The van der Waals surface area contributed by atoms with Crippen LogP contribution < -0.4 is 4.74 Å². The molecule has 7 aromatic carbocycles. The number of ether oxygens (including phenoxy) is 1. The number of furan rings is 1. The molecule has 2 aromatic heterocycles. The van der Waals surface area contributed by atoms with E-state index in [2.05, 4.69) is 78.9 Å². The summed E-state index contributed by atoms with van der Waals surface area (Å²) in [6.07, 6.45) is 0. The SMILES string of the molecule is c1ccc(-c2nc(-c3ccc(-c4ccc5c6c(ccc5c4)COc4ccccc4-6)cc3)nc(-c3cccc4oc5ccccc5c34)n2)cc1. The van der Waals surface area contributed by atoms with Gasteiger partial charge in [0.15, 0.2) is 17.5 Å². The van der Waals surface area contributed by atoms with Crippen LogP contribution in [0.2, 0.25) is 0 Å². The molecular weight excluding hydrogens is 603 g/mol. The average molecular weight is 630 g/mol. The highest BCUT2D eigenvalue weighted by atomic mass is 16.5. The van der Waals surface area contributed by atoms with Crippen molar-refractivity contribution in [2.24, 2.45) is 0 Å². The van der Waals surface area contributed by atoms with Crippen molar-refractivity contribution in [3.8, 4) is 62.2 Å². The average Bonchev–Trinajstić information content (AvgIpc) is 3.57. The predicted molar refractivity (Wildman–Crippen MR) is 196 cm³/mol. The molecule has 5 heteroatoms. The lowest BCUT2D eigenvalue weighted by Crippen LogP contribution is -2.05. The lowest BCUT2D eigenvalue weighted by molar-refractivity contribution is 0.302. The molecule has 0 amide bonds. The lowest BCUT2D eigenvalue weighted by Gasteiger charge is -2.22. The van der Waals surface area contributed by atoms with Crippen LogP contribution in [-0.4, -0.2) is 15.0 Å². The van der Waals surface area contributed by atoms with Crippen molar-refractivity contribution in [1.29, 1.82) is 0 Å². The van der Waals surface area contributed by atoms with Gasteiger partial charge in [-0.15, -0.1) is 0 Å². The molecule has 0 saturated heterocycles. The van der Waals surface area contributed by atoms with Gasteiger partial charge in [-0.1, -0.05) is 127 Å². The van der Waals surface area contributed by atoms with Gasteiger partial charge < -0.3 is 9.15 Å². The second kappa shape index (κ2) is 11.0. The van der Waals surface area contributed by atoms with Crippen LogP contribution in [0.15, 0.2) is 156 Å². The number of aromatic nitrogens is 3. The molecule has 0 unspecified atom stereocenters. The molecular formula is C44H27N3O2. The first-order valence-electron chi connectivity index (χ1n) is 16.4. The number of benzene rings is 7. The third-order valence-corrected chi connectivity index (χ3v) is 9.43. The first kappa shape index (κ1) is 27.5. The second-order valence-electron chi connectivity index (χ2n) is 12.3. The van der Waals surface area contributed by atoms with E-state index >= 15 is 0 Å². The normalized spacial score (nSPS) is 12.2. The minimum Gasteiger partial charge on any atom is -0.488 e. The van der Waals surface area contributed by atoms with Gasteiger partial charge >= 0.3 is 0 Å². The van der Waals surface area contributed by atoms with Gasteiger partial charge in [0, 0.05) is 33.0 Å². The molecule has 1 aliphatic rings. The molecule has 0 radical (unpaired) electrons. The molecule has 0 bridgehead atoms. The van der Waals surface area contributed by atoms with Crippen LogP contribution in [0, 0.1) is 0 Å². The maximum absolute atomic E-state index is 6.19. The summed E-state index contributed by atoms with van der Waals surface area (Å²) in [5.41, 5.74) is 10.3. The van der Waals surface area contributed by atoms with E-state index in [0.717, 1.165) is 61.1 Å². The quantitative estimate of drug-likeness (QED) is 0.194. The van der Waals surface area contributed by atoms with Crippen LogP contribution in [0.3, 0.4) is 0 Å². The Hall–Kier alpha value is -6.59. The zero-order chi connectivity index (χ0) is 32.3. The fourth-order valence-electron chi connectivity index (χ4n) is 7.06. The molecule has 3 heterocycles. The summed E-state index contributed by atoms with van der Waals surface area (Å²) in [4.78, 5) is 15.0. The maximum Gasteiger partial charge on any atom is 0.164 e. The number of rotatable bonds is 4. The molecule has 0 aliphatic carbocycles.